The number of alkyl halides is 2. The van der Waals surface area contributed by atoms with Crippen LogP contribution in [0.2, 0.25) is 0 Å². The zero-order chi connectivity index (χ0) is 13.0. The lowest BCUT2D eigenvalue weighted by molar-refractivity contribution is 0.151. The summed E-state index contributed by atoms with van der Waals surface area (Å²) in [4.78, 5) is 0. The third-order valence-corrected chi connectivity index (χ3v) is 3.22. The van der Waals surface area contributed by atoms with Gasteiger partial charge in [-0.25, -0.2) is 8.78 Å². The first kappa shape index (κ1) is 13.3. The van der Waals surface area contributed by atoms with Crippen LogP contribution in [-0.4, -0.2) is 0 Å². The first-order valence-electron chi connectivity index (χ1n) is 5.51. The topological polar surface area (TPSA) is 12.0 Å². The Morgan fingerprint density at radius 2 is 1.78 bits per heavy atom. The van der Waals surface area contributed by atoms with E-state index in [1.54, 1.807) is 12.1 Å². The maximum Gasteiger partial charge on any atom is 0.263 e. The van der Waals surface area contributed by atoms with Crippen LogP contribution >= 0.6 is 22.6 Å². The van der Waals surface area contributed by atoms with E-state index in [1.807, 2.05) is 24.3 Å². The molecule has 0 spiro atoms. The summed E-state index contributed by atoms with van der Waals surface area (Å²) in [6.07, 6.45) is -2.40. The Bertz CT molecular complexity index is 511. The molecule has 0 atom stereocenters. The number of benzene rings is 2. The van der Waals surface area contributed by atoms with E-state index in [0.29, 0.717) is 6.54 Å². The van der Waals surface area contributed by atoms with Gasteiger partial charge in [-0.3, -0.25) is 0 Å². The van der Waals surface area contributed by atoms with E-state index >= 15 is 0 Å². The summed E-state index contributed by atoms with van der Waals surface area (Å²) in [7, 11) is 0. The number of halogens is 3. The zero-order valence-electron chi connectivity index (χ0n) is 9.54. The van der Waals surface area contributed by atoms with Crippen molar-refractivity contribution in [2.24, 2.45) is 0 Å². The number of anilines is 1. The average Bonchev–Trinajstić information content (AvgIpc) is 2.37. The number of rotatable bonds is 4. The Hall–Kier alpha value is -1.17. The lowest BCUT2D eigenvalue weighted by Gasteiger charge is -2.07. The molecule has 0 amide bonds. The highest BCUT2D eigenvalue weighted by molar-refractivity contribution is 14.1. The molecule has 0 saturated heterocycles. The summed E-state index contributed by atoms with van der Waals surface area (Å²) in [5, 5.41) is 3.26. The molecular formula is C14H12F2IN. The maximum atomic E-state index is 12.4. The molecule has 1 N–H and O–H groups in total. The third-order valence-electron chi connectivity index (χ3n) is 2.55. The monoisotopic (exact) mass is 359 g/mol. The van der Waals surface area contributed by atoms with Crippen molar-refractivity contribution in [2.75, 3.05) is 5.32 Å². The number of hydrogen-bond acceptors (Lipinski definition) is 1. The summed E-state index contributed by atoms with van der Waals surface area (Å²) >= 11 is 2.25. The Balaban J connectivity index is 1.98. The van der Waals surface area contributed by atoms with Gasteiger partial charge in [-0.15, -0.1) is 0 Å². The molecule has 1 nitrogen and oxygen atoms in total. The van der Waals surface area contributed by atoms with Crippen LogP contribution in [0.5, 0.6) is 0 Å². The second-order valence-corrected chi connectivity index (χ2v) is 5.15. The van der Waals surface area contributed by atoms with Gasteiger partial charge in [0.05, 0.1) is 0 Å². The molecule has 0 unspecified atom stereocenters. The molecule has 0 fully saturated rings. The molecule has 2 aromatic carbocycles. The molecule has 94 valence electrons. The third kappa shape index (κ3) is 3.66. The van der Waals surface area contributed by atoms with Gasteiger partial charge in [-0.05, 0) is 46.4 Å². The fourth-order valence-corrected chi connectivity index (χ4v) is 2.13. The molecule has 0 aliphatic carbocycles. The van der Waals surface area contributed by atoms with Gasteiger partial charge in [0.15, 0.2) is 0 Å². The van der Waals surface area contributed by atoms with Crippen molar-refractivity contribution in [1.82, 2.24) is 0 Å². The van der Waals surface area contributed by atoms with Gasteiger partial charge in [0.25, 0.3) is 6.43 Å². The molecule has 0 saturated carbocycles. The minimum atomic E-state index is -2.40. The van der Waals surface area contributed by atoms with Crippen LogP contribution in [-0.2, 0) is 6.54 Å². The molecule has 0 aliphatic heterocycles. The standard InChI is InChI=1S/C14H12F2IN/c15-14(16)11-6-4-10(5-7-11)9-18-13-3-1-2-12(17)8-13/h1-8,14,18H,9H2. The predicted octanol–water partition coefficient (Wildman–Crippen LogP) is 4.84. The van der Waals surface area contributed by atoms with Crippen molar-refractivity contribution in [3.05, 3.63) is 63.2 Å². The number of nitrogens with one attached hydrogen (secondary N) is 1. The Morgan fingerprint density at radius 1 is 1.06 bits per heavy atom. The summed E-state index contributed by atoms with van der Waals surface area (Å²) in [5.74, 6) is 0. The average molecular weight is 359 g/mol. The molecular weight excluding hydrogens is 347 g/mol. The molecule has 0 heterocycles. The van der Waals surface area contributed by atoms with Crippen LogP contribution in [0.3, 0.4) is 0 Å². The fraction of sp³-hybridized carbons (Fsp3) is 0.143. The van der Waals surface area contributed by atoms with Crippen molar-refractivity contribution >= 4 is 28.3 Å². The van der Waals surface area contributed by atoms with E-state index in [0.717, 1.165) is 14.8 Å². The summed E-state index contributed by atoms with van der Waals surface area (Å²) in [6, 6.07) is 14.4. The van der Waals surface area contributed by atoms with Gasteiger partial charge in [-0.2, -0.15) is 0 Å². The highest BCUT2D eigenvalue weighted by Gasteiger charge is 2.05. The van der Waals surface area contributed by atoms with Gasteiger partial charge in [0.2, 0.25) is 0 Å². The van der Waals surface area contributed by atoms with Crippen LogP contribution in [0.4, 0.5) is 14.5 Å². The van der Waals surface area contributed by atoms with Crippen LogP contribution in [0, 0.1) is 3.57 Å². The van der Waals surface area contributed by atoms with Crippen molar-refractivity contribution < 1.29 is 8.78 Å². The van der Waals surface area contributed by atoms with E-state index < -0.39 is 6.43 Å². The Morgan fingerprint density at radius 3 is 2.39 bits per heavy atom. The predicted molar refractivity (Wildman–Crippen MR) is 77.9 cm³/mol. The molecule has 0 aliphatic rings. The van der Waals surface area contributed by atoms with E-state index in [2.05, 4.69) is 27.9 Å². The van der Waals surface area contributed by atoms with Crippen LogP contribution in [0.25, 0.3) is 0 Å². The molecule has 0 radical (unpaired) electrons. The van der Waals surface area contributed by atoms with Crippen LogP contribution in [0.1, 0.15) is 17.6 Å². The highest BCUT2D eigenvalue weighted by Crippen LogP contribution is 2.19. The summed E-state index contributed by atoms with van der Waals surface area (Å²) in [5.41, 5.74) is 2.08. The quantitative estimate of drug-likeness (QED) is 0.771. The SMILES string of the molecule is FC(F)c1ccc(CNc2cccc(I)c2)cc1. The first-order chi connectivity index (χ1) is 8.65. The lowest BCUT2D eigenvalue weighted by atomic mass is 10.1. The maximum absolute atomic E-state index is 12.4. The van der Waals surface area contributed by atoms with Gasteiger partial charge >= 0.3 is 0 Å². The minimum Gasteiger partial charge on any atom is -0.381 e. The fourth-order valence-electron chi connectivity index (χ4n) is 1.58. The minimum absolute atomic E-state index is 0.0630. The van der Waals surface area contributed by atoms with Gasteiger partial charge in [0, 0.05) is 21.4 Å². The van der Waals surface area contributed by atoms with Gasteiger partial charge in [0.1, 0.15) is 0 Å². The van der Waals surface area contributed by atoms with Crippen LogP contribution < -0.4 is 5.32 Å². The highest BCUT2D eigenvalue weighted by atomic mass is 127. The second-order valence-electron chi connectivity index (χ2n) is 3.91. The van der Waals surface area contributed by atoms with Crippen molar-refractivity contribution in [3.63, 3.8) is 0 Å². The molecule has 0 bridgehead atoms. The zero-order valence-corrected chi connectivity index (χ0v) is 11.7. The molecule has 18 heavy (non-hydrogen) atoms. The first-order valence-corrected chi connectivity index (χ1v) is 6.59. The van der Waals surface area contributed by atoms with Crippen molar-refractivity contribution in [1.29, 1.82) is 0 Å². The van der Waals surface area contributed by atoms with E-state index in [4.69, 9.17) is 0 Å². The van der Waals surface area contributed by atoms with E-state index in [-0.39, 0.29) is 5.56 Å². The largest absolute Gasteiger partial charge is 0.381 e. The molecule has 2 rings (SSSR count). The smallest absolute Gasteiger partial charge is 0.263 e. The van der Waals surface area contributed by atoms with Gasteiger partial charge < -0.3 is 5.32 Å². The Kier molecular flexibility index (Phi) is 4.52. The lowest BCUT2D eigenvalue weighted by Crippen LogP contribution is -1.99. The second kappa shape index (κ2) is 6.13. The van der Waals surface area contributed by atoms with Crippen molar-refractivity contribution in [3.8, 4) is 0 Å². The number of hydrogen-bond donors (Lipinski definition) is 1. The Labute approximate surface area is 118 Å². The van der Waals surface area contributed by atoms with Crippen LogP contribution in [0.15, 0.2) is 48.5 Å². The van der Waals surface area contributed by atoms with E-state index in [9.17, 15) is 8.78 Å². The van der Waals surface area contributed by atoms with Crippen molar-refractivity contribution in [2.45, 2.75) is 13.0 Å². The normalized spacial score (nSPS) is 10.7. The molecule has 4 heteroatoms. The van der Waals surface area contributed by atoms with E-state index in [1.165, 1.54) is 12.1 Å². The molecule has 0 aromatic heterocycles. The molecule has 2 aromatic rings. The van der Waals surface area contributed by atoms with Gasteiger partial charge in [-0.1, -0.05) is 30.3 Å². The summed E-state index contributed by atoms with van der Waals surface area (Å²) < 4.78 is 25.9. The summed E-state index contributed by atoms with van der Waals surface area (Å²) in [6.45, 7) is 0.629.